The summed E-state index contributed by atoms with van der Waals surface area (Å²) >= 11 is 4.61. The van der Waals surface area contributed by atoms with E-state index < -0.39 is 16.9 Å². The molecule has 0 amide bonds. The minimum atomic E-state index is -0.953. The summed E-state index contributed by atoms with van der Waals surface area (Å²) in [5.74, 6) is -0.0340. The number of para-hydroxylation sites is 1. The van der Waals surface area contributed by atoms with Crippen LogP contribution in [0.25, 0.3) is 6.08 Å². The third kappa shape index (κ3) is 5.83. The molecule has 0 saturated carbocycles. The summed E-state index contributed by atoms with van der Waals surface area (Å²) in [6, 6.07) is 19.0. The Morgan fingerprint density at radius 2 is 1.88 bits per heavy atom. The summed E-state index contributed by atoms with van der Waals surface area (Å²) in [5.41, 5.74) is 2.61. The first-order valence-corrected chi connectivity index (χ1v) is 14.7. The Balaban J connectivity index is 1.63. The van der Waals surface area contributed by atoms with Gasteiger partial charge in [0.2, 0.25) is 0 Å². The molecule has 0 saturated heterocycles. The van der Waals surface area contributed by atoms with E-state index in [2.05, 4.69) is 20.9 Å². The van der Waals surface area contributed by atoms with Crippen molar-refractivity contribution in [2.75, 3.05) is 6.61 Å². The number of fused-ring (bicyclic) bond motifs is 1. The molecule has 11 heteroatoms. The van der Waals surface area contributed by atoms with Crippen molar-refractivity contribution in [2.45, 2.75) is 33.4 Å². The Hall–Kier alpha value is -4.35. The maximum atomic E-state index is 14.0. The Kier molecular flexibility index (Phi) is 8.51. The van der Waals surface area contributed by atoms with Crippen LogP contribution in [0.15, 0.2) is 92.3 Å². The highest BCUT2D eigenvalue weighted by Gasteiger charge is 2.34. The van der Waals surface area contributed by atoms with Crippen LogP contribution < -0.4 is 19.6 Å². The van der Waals surface area contributed by atoms with Gasteiger partial charge in [-0.25, -0.2) is 9.79 Å². The van der Waals surface area contributed by atoms with Crippen LogP contribution in [-0.4, -0.2) is 22.1 Å². The summed E-state index contributed by atoms with van der Waals surface area (Å²) < 4.78 is 14.2. The fourth-order valence-corrected chi connectivity index (χ4v) is 6.02. The highest BCUT2D eigenvalue weighted by Crippen LogP contribution is 2.33. The number of allylic oxidation sites excluding steroid dienone is 1. The fourth-order valence-electron chi connectivity index (χ4n) is 4.71. The van der Waals surface area contributed by atoms with Crippen molar-refractivity contribution in [3.63, 3.8) is 0 Å². The lowest BCUT2D eigenvalue weighted by molar-refractivity contribution is -0.385. The minimum Gasteiger partial charge on any atom is -0.488 e. The third-order valence-electron chi connectivity index (χ3n) is 6.78. The van der Waals surface area contributed by atoms with Gasteiger partial charge in [-0.15, -0.1) is 0 Å². The Bertz CT molecular complexity index is 1910. The molecule has 0 bridgehead atoms. The van der Waals surface area contributed by atoms with Crippen molar-refractivity contribution in [3.8, 4) is 5.75 Å². The van der Waals surface area contributed by atoms with Crippen molar-refractivity contribution in [2.24, 2.45) is 4.99 Å². The number of carbonyl (C=O) groups is 1. The molecule has 5 rings (SSSR count). The number of halogens is 1. The largest absolute Gasteiger partial charge is 0.488 e. The van der Waals surface area contributed by atoms with Gasteiger partial charge < -0.3 is 9.47 Å². The number of nitro benzene ring substituents is 1. The number of nitrogens with zero attached hydrogens (tertiary/aromatic N) is 3. The van der Waals surface area contributed by atoms with Gasteiger partial charge in [0.1, 0.15) is 12.4 Å². The van der Waals surface area contributed by atoms with Crippen LogP contribution in [0, 0.1) is 17.0 Å². The minimum absolute atomic E-state index is 0.107. The molecule has 42 heavy (non-hydrogen) atoms. The number of esters is 1. The van der Waals surface area contributed by atoms with Gasteiger partial charge in [-0.05, 0) is 56.2 Å². The number of ether oxygens (including phenoxy) is 2. The normalized spacial score (nSPS) is 14.8. The molecule has 0 aliphatic carbocycles. The Morgan fingerprint density at radius 3 is 2.60 bits per heavy atom. The molecule has 1 aliphatic heterocycles. The summed E-state index contributed by atoms with van der Waals surface area (Å²) in [5, 5.41) is 11.7. The zero-order chi connectivity index (χ0) is 30.0. The molecule has 0 fully saturated rings. The molecule has 3 aromatic carbocycles. The van der Waals surface area contributed by atoms with Crippen molar-refractivity contribution < 1.29 is 19.2 Å². The van der Waals surface area contributed by atoms with E-state index in [0.29, 0.717) is 44.1 Å². The number of carbonyl (C=O) groups excluding carboxylic acids is 1. The molecule has 214 valence electrons. The number of benzene rings is 3. The second-order valence-corrected chi connectivity index (χ2v) is 11.5. The Labute approximate surface area is 253 Å². The molecule has 0 unspecified atom stereocenters. The first kappa shape index (κ1) is 29.2. The molecule has 1 atom stereocenters. The first-order valence-electron chi connectivity index (χ1n) is 13.1. The number of thiazole rings is 1. The van der Waals surface area contributed by atoms with Gasteiger partial charge in [0.05, 0.1) is 33.4 Å². The van der Waals surface area contributed by atoms with Crippen molar-refractivity contribution in [3.05, 3.63) is 135 Å². The lowest BCUT2D eigenvalue weighted by Gasteiger charge is -2.24. The molecule has 0 spiro atoms. The number of rotatable bonds is 8. The smallest absolute Gasteiger partial charge is 0.338 e. The molecule has 0 radical (unpaired) electrons. The van der Waals surface area contributed by atoms with Gasteiger partial charge >= 0.3 is 5.97 Å². The topological polar surface area (TPSA) is 113 Å². The molecule has 0 N–H and O–H groups in total. The predicted octanol–water partition coefficient (Wildman–Crippen LogP) is 5.36. The van der Waals surface area contributed by atoms with E-state index in [-0.39, 0.29) is 23.4 Å². The number of nitro groups is 1. The van der Waals surface area contributed by atoms with Crippen molar-refractivity contribution >= 4 is 45.0 Å². The van der Waals surface area contributed by atoms with Crippen LogP contribution in [0.5, 0.6) is 5.75 Å². The Morgan fingerprint density at radius 1 is 1.14 bits per heavy atom. The maximum Gasteiger partial charge on any atom is 0.338 e. The van der Waals surface area contributed by atoms with E-state index in [1.165, 1.54) is 22.0 Å². The van der Waals surface area contributed by atoms with Crippen LogP contribution >= 0.6 is 27.3 Å². The predicted molar refractivity (Wildman–Crippen MR) is 163 cm³/mol. The number of hydrogen-bond acceptors (Lipinski definition) is 8. The van der Waals surface area contributed by atoms with E-state index in [1.807, 2.05) is 48.5 Å². The van der Waals surface area contributed by atoms with E-state index in [1.54, 1.807) is 39.0 Å². The zero-order valence-corrected chi connectivity index (χ0v) is 25.4. The molecule has 1 aliphatic rings. The van der Waals surface area contributed by atoms with Crippen LogP contribution in [0.3, 0.4) is 0 Å². The molecular weight excluding hydrogens is 622 g/mol. The monoisotopic (exact) mass is 647 g/mol. The third-order valence-corrected chi connectivity index (χ3v) is 8.29. The van der Waals surface area contributed by atoms with Gasteiger partial charge in [-0.2, -0.15) is 0 Å². The van der Waals surface area contributed by atoms with Crippen LogP contribution in [0.1, 0.15) is 42.1 Å². The number of hydrogen-bond donors (Lipinski definition) is 0. The molecule has 4 aromatic rings. The average molecular weight is 649 g/mol. The zero-order valence-electron chi connectivity index (χ0n) is 23.0. The van der Waals surface area contributed by atoms with Gasteiger partial charge in [-0.1, -0.05) is 69.7 Å². The maximum absolute atomic E-state index is 14.0. The fraction of sp³-hybridized carbons (Fsp3) is 0.194. The lowest BCUT2D eigenvalue weighted by Crippen LogP contribution is -2.40. The second-order valence-electron chi connectivity index (χ2n) is 9.56. The van der Waals surface area contributed by atoms with Gasteiger partial charge in [0.25, 0.3) is 11.2 Å². The lowest BCUT2D eigenvalue weighted by atomic mass is 9.94. The molecule has 1 aromatic heterocycles. The van der Waals surface area contributed by atoms with Crippen molar-refractivity contribution in [1.82, 2.24) is 4.57 Å². The van der Waals surface area contributed by atoms with Crippen LogP contribution in [-0.2, 0) is 16.1 Å². The van der Waals surface area contributed by atoms with E-state index in [9.17, 15) is 19.7 Å². The van der Waals surface area contributed by atoms with Crippen LogP contribution in [0.2, 0.25) is 0 Å². The summed E-state index contributed by atoms with van der Waals surface area (Å²) in [6.07, 6.45) is 1.73. The van der Waals surface area contributed by atoms with Crippen molar-refractivity contribution in [1.29, 1.82) is 0 Å². The summed E-state index contributed by atoms with van der Waals surface area (Å²) in [6.45, 7) is 5.46. The molecule has 2 heterocycles. The quantitative estimate of drug-likeness (QED) is 0.145. The van der Waals surface area contributed by atoms with Gasteiger partial charge in [-0.3, -0.25) is 19.5 Å². The number of aromatic nitrogens is 1. The SMILES string of the molecule is CCOC(=O)C1=C(C)N=c2s/c(=C/c3ccccc3OCc3ccc(Br)cc3)c(=O)n2[C@H]1c1ccc(C)c([N+](=O)[O-])c1. The highest BCUT2D eigenvalue weighted by molar-refractivity contribution is 9.10. The highest BCUT2D eigenvalue weighted by atomic mass is 79.9. The molecule has 9 nitrogen and oxygen atoms in total. The van der Waals surface area contributed by atoms with Crippen LogP contribution in [0.4, 0.5) is 5.69 Å². The van der Waals surface area contributed by atoms with Gasteiger partial charge in [0, 0.05) is 21.7 Å². The summed E-state index contributed by atoms with van der Waals surface area (Å²) in [7, 11) is 0. The van der Waals surface area contributed by atoms with E-state index in [0.717, 1.165) is 10.0 Å². The van der Waals surface area contributed by atoms with E-state index >= 15 is 0 Å². The average Bonchev–Trinajstić information content (AvgIpc) is 3.26. The van der Waals surface area contributed by atoms with Gasteiger partial charge in [0.15, 0.2) is 4.80 Å². The standard InChI is InChI=1S/C31H26BrN3O6S/c1-4-40-30(37)27-19(3)33-31-34(28(27)22-12-9-18(2)24(15-22)35(38)39)29(36)26(42-31)16-21-7-5-6-8-25(21)41-17-20-10-13-23(32)14-11-20/h5-16,28H,4,17H2,1-3H3/b26-16+/t28-/m0/s1. The first-order chi connectivity index (χ1) is 20.2. The van der Waals surface area contributed by atoms with E-state index in [4.69, 9.17) is 9.47 Å². The molecular formula is C31H26BrN3O6S. The summed E-state index contributed by atoms with van der Waals surface area (Å²) in [4.78, 5) is 43.3. The number of aryl methyl sites for hydroxylation is 1. The second kappa shape index (κ2) is 12.3.